The van der Waals surface area contributed by atoms with Crippen molar-refractivity contribution >= 4 is 23.3 Å². The molecule has 0 saturated carbocycles. The molecule has 0 radical (unpaired) electrons. The van der Waals surface area contributed by atoms with Gasteiger partial charge in [0.2, 0.25) is 11.7 Å². The van der Waals surface area contributed by atoms with Crippen LogP contribution < -0.4 is 19.5 Å². The van der Waals surface area contributed by atoms with Crippen LogP contribution in [-0.2, 0) is 9.59 Å². The Bertz CT molecular complexity index is 1050. The van der Waals surface area contributed by atoms with E-state index < -0.39 is 0 Å². The monoisotopic (exact) mass is 441 g/mol. The summed E-state index contributed by atoms with van der Waals surface area (Å²) in [6, 6.07) is 11.1. The van der Waals surface area contributed by atoms with Crippen LogP contribution in [0.4, 0.5) is 0 Å². The molecule has 31 heavy (non-hydrogen) atoms. The van der Waals surface area contributed by atoms with Gasteiger partial charge in [-0.25, -0.2) is 0 Å². The summed E-state index contributed by atoms with van der Waals surface area (Å²) < 4.78 is 16.3. The first-order chi connectivity index (χ1) is 15.0. The quantitative estimate of drug-likeness (QED) is 0.745. The van der Waals surface area contributed by atoms with Crippen molar-refractivity contribution in [3.05, 3.63) is 63.8 Å². The number of benzene rings is 2. The Morgan fingerprint density at radius 2 is 1.61 bits per heavy atom. The van der Waals surface area contributed by atoms with Gasteiger partial charge in [-0.1, -0.05) is 29.8 Å². The molecular weight excluding hydrogens is 418 g/mol. The molecule has 0 spiro atoms. The third-order valence-electron chi connectivity index (χ3n) is 5.98. The molecular formula is C24H24ClNO5. The van der Waals surface area contributed by atoms with Gasteiger partial charge in [0, 0.05) is 35.1 Å². The van der Waals surface area contributed by atoms with Crippen LogP contribution in [0.5, 0.6) is 17.2 Å². The molecule has 2 atom stereocenters. The second-order valence-corrected chi connectivity index (χ2v) is 8.11. The number of hydrogen-bond donors (Lipinski definition) is 1. The van der Waals surface area contributed by atoms with E-state index in [9.17, 15) is 9.59 Å². The van der Waals surface area contributed by atoms with Gasteiger partial charge in [-0.15, -0.1) is 0 Å². The van der Waals surface area contributed by atoms with Crippen LogP contribution in [0.25, 0.3) is 0 Å². The van der Waals surface area contributed by atoms with Crippen LogP contribution in [-0.4, -0.2) is 33.0 Å². The predicted molar refractivity (Wildman–Crippen MR) is 117 cm³/mol. The van der Waals surface area contributed by atoms with Crippen molar-refractivity contribution in [2.45, 2.75) is 31.1 Å². The fraction of sp³-hybridized carbons (Fsp3) is 0.333. The number of rotatable bonds is 5. The first-order valence-electron chi connectivity index (χ1n) is 10.1. The number of ether oxygens (including phenoxy) is 3. The minimum atomic E-state index is -0.328. The maximum absolute atomic E-state index is 13.3. The summed E-state index contributed by atoms with van der Waals surface area (Å²) in [5, 5.41) is 3.50. The van der Waals surface area contributed by atoms with E-state index in [2.05, 4.69) is 5.32 Å². The normalized spacial score (nSPS) is 20.8. The number of amides is 1. The van der Waals surface area contributed by atoms with Gasteiger partial charge < -0.3 is 19.5 Å². The van der Waals surface area contributed by atoms with E-state index >= 15 is 0 Å². The molecule has 2 aromatic rings. The Kier molecular flexibility index (Phi) is 5.92. The van der Waals surface area contributed by atoms with Gasteiger partial charge >= 0.3 is 0 Å². The van der Waals surface area contributed by atoms with Crippen molar-refractivity contribution in [2.75, 3.05) is 21.3 Å². The zero-order chi connectivity index (χ0) is 22.1. The van der Waals surface area contributed by atoms with E-state index in [1.54, 1.807) is 27.4 Å². The van der Waals surface area contributed by atoms with Crippen LogP contribution in [0, 0.1) is 0 Å². The summed E-state index contributed by atoms with van der Waals surface area (Å²) in [6.45, 7) is 0. The Labute approximate surface area is 186 Å². The third-order valence-corrected chi connectivity index (χ3v) is 6.32. The van der Waals surface area contributed by atoms with Crippen LogP contribution in [0.15, 0.2) is 47.7 Å². The minimum absolute atomic E-state index is 0.0184. The van der Waals surface area contributed by atoms with Gasteiger partial charge in [-0.05, 0) is 41.7 Å². The van der Waals surface area contributed by atoms with Crippen LogP contribution >= 0.6 is 11.6 Å². The van der Waals surface area contributed by atoms with Crippen molar-refractivity contribution in [2.24, 2.45) is 0 Å². The van der Waals surface area contributed by atoms with Crippen molar-refractivity contribution in [1.82, 2.24) is 5.32 Å². The highest BCUT2D eigenvalue weighted by Gasteiger charge is 2.39. The number of allylic oxidation sites excluding steroid dienone is 2. The number of halogens is 1. The third kappa shape index (κ3) is 3.88. The van der Waals surface area contributed by atoms with Crippen molar-refractivity contribution in [1.29, 1.82) is 0 Å². The molecule has 1 amide bonds. The van der Waals surface area contributed by atoms with E-state index in [1.165, 1.54) is 0 Å². The number of nitrogens with one attached hydrogen (secondary N) is 1. The molecule has 162 valence electrons. The Hall–Kier alpha value is -2.99. The molecule has 1 N–H and O–H groups in total. The number of carbonyl (C=O) groups is 2. The molecule has 0 fully saturated rings. The summed E-state index contributed by atoms with van der Waals surface area (Å²) in [5.74, 6) is 1.03. The van der Waals surface area contributed by atoms with Gasteiger partial charge in [-0.3, -0.25) is 9.59 Å². The second kappa shape index (κ2) is 8.63. The molecule has 1 aliphatic carbocycles. The predicted octanol–water partition coefficient (Wildman–Crippen LogP) is 4.37. The Morgan fingerprint density at radius 1 is 0.935 bits per heavy atom. The smallest absolute Gasteiger partial charge is 0.225 e. The van der Waals surface area contributed by atoms with Crippen LogP contribution in [0.1, 0.15) is 42.2 Å². The lowest BCUT2D eigenvalue weighted by Gasteiger charge is -2.35. The average molecular weight is 442 g/mol. The van der Waals surface area contributed by atoms with Crippen molar-refractivity contribution in [3.63, 3.8) is 0 Å². The molecule has 6 nitrogen and oxygen atoms in total. The highest BCUT2D eigenvalue weighted by Crippen LogP contribution is 2.46. The van der Waals surface area contributed by atoms with E-state index in [-0.39, 0.29) is 29.9 Å². The molecule has 7 heteroatoms. The lowest BCUT2D eigenvalue weighted by Crippen LogP contribution is -2.38. The highest BCUT2D eigenvalue weighted by molar-refractivity contribution is 6.31. The molecule has 4 rings (SSSR count). The lowest BCUT2D eigenvalue weighted by molar-refractivity contribution is -0.122. The lowest BCUT2D eigenvalue weighted by atomic mass is 9.73. The molecule has 1 heterocycles. The maximum Gasteiger partial charge on any atom is 0.225 e. The average Bonchev–Trinajstić information content (AvgIpc) is 2.77. The van der Waals surface area contributed by atoms with Crippen LogP contribution in [0.2, 0.25) is 5.02 Å². The largest absolute Gasteiger partial charge is 0.493 e. The summed E-state index contributed by atoms with van der Waals surface area (Å²) in [5.41, 5.74) is 3.04. The summed E-state index contributed by atoms with van der Waals surface area (Å²) in [7, 11) is 4.67. The molecule has 0 bridgehead atoms. The first-order valence-corrected chi connectivity index (χ1v) is 10.4. The molecule has 0 aromatic heterocycles. The van der Waals surface area contributed by atoms with E-state index in [0.29, 0.717) is 46.4 Å². The Morgan fingerprint density at radius 3 is 2.23 bits per heavy atom. The number of methoxy groups -OCH3 is 3. The number of hydrogen-bond acceptors (Lipinski definition) is 5. The summed E-state index contributed by atoms with van der Waals surface area (Å²) in [6.07, 6.45) is 1.07. The van der Waals surface area contributed by atoms with Gasteiger partial charge in [0.25, 0.3) is 0 Å². The fourth-order valence-electron chi connectivity index (χ4n) is 4.56. The zero-order valence-electron chi connectivity index (χ0n) is 17.7. The van der Waals surface area contributed by atoms with Gasteiger partial charge in [0.05, 0.1) is 21.3 Å². The highest BCUT2D eigenvalue weighted by atomic mass is 35.5. The van der Waals surface area contributed by atoms with Crippen LogP contribution in [0.3, 0.4) is 0 Å². The standard InChI is InChI=1S/C24H24ClNO5/c1-29-20-10-14(11-21(30-2)24(20)31-3)13-8-18-23(19(27)9-13)16(12-22(28)26-18)15-6-4-5-7-17(15)25/h4-7,10-11,13,16H,8-9,12H2,1-3H3,(H,26,28)/t13-,16+/m1/s1. The van der Waals surface area contributed by atoms with E-state index in [4.69, 9.17) is 25.8 Å². The topological polar surface area (TPSA) is 73.9 Å². The summed E-state index contributed by atoms with van der Waals surface area (Å²) >= 11 is 6.40. The molecule has 2 aromatic carbocycles. The maximum atomic E-state index is 13.3. The molecule has 2 aliphatic rings. The van der Waals surface area contributed by atoms with Crippen molar-refractivity contribution < 1.29 is 23.8 Å². The van der Waals surface area contributed by atoms with E-state index in [0.717, 1.165) is 11.1 Å². The van der Waals surface area contributed by atoms with Gasteiger partial charge in [-0.2, -0.15) is 0 Å². The van der Waals surface area contributed by atoms with Gasteiger partial charge in [0.1, 0.15) is 0 Å². The second-order valence-electron chi connectivity index (χ2n) is 7.71. The number of ketones is 1. The Balaban J connectivity index is 1.74. The molecule has 0 unspecified atom stereocenters. The number of carbonyl (C=O) groups excluding carboxylic acids is 2. The SMILES string of the molecule is COc1cc([C@H]2CC(=O)C3=C(C2)NC(=O)C[C@H]3c2ccccc2Cl)cc(OC)c1OC. The van der Waals surface area contributed by atoms with E-state index in [1.807, 2.05) is 30.3 Å². The fourth-order valence-corrected chi connectivity index (χ4v) is 4.82. The molecule has 0 saturated heterocycles. The van der Waals surface area contributed by atoms with Gasteiger partial charge in [0.15, 0.2) is 17.3 Å². The van der Waals surface area contributed by atoms with Crippen molar-refractivity contribution in [3.8, 4) is 17.2 Å². The number of Topliss-reactive ketones (excluding diaryl/α,β-unsaturated/α-hetero) is 1. The zero-order valence-corrected chi connectivity index (χ0v) is 18.4. The first kappa shape index (κ1) is 21.2. The molecule has 1 aliphatic heterocycles. The summed E-state index contributed by atoms with van der Waals surface area (Å²) in [4.78, 5) is 25.8. The minimum Gasteiger partial charge on any atom is -0.493 e.